The van der Waals surface area contributed by atoms with E-state index in [4.69, 9.17) is 0 Å². The lowest BCUT2D eigenvalue weighted by Gasteiger charge is -2.20. The summed E-state index contributed by atoms with van der Waals surface area (Å²) in [6.07, 6.45) is 1.84. The zero-order valence-electron chi connectivity index (χ0n) is 11.4. The van der Waals surface area contributed by atoms with Gasteiger partial charge in [0.2, 0.25) is 0 Å². The summed E-state index contributed by atoms with van der Waals surface area (Å²) < 4.78 is 1.68. The van der Waals surface area contributed by atoms with Crippen LogP contribution in [0.1, 0.15) is 19.5 Å². The molecule has 2 rings (SSSR count). The molecule has 0 unspecified atom stereocenters. The Morgan fingerprint density at radius 2 is 2.05 bits per heavy atom. The first-order valence-corrected chi connectivity index (χ1v) is 6.34. The molecular formula is C13H19N5O. The molecule has 0 radical (unpaired) electrons. The van der Waals surface area contributed by atoms with Crippen molar-refractivity contribution in [2.24, 2.45) is 5.92 Å². The summed E-state index contributed by atoms with van der Waals surface area (Å²) >= 11 is 0. The van der Waals surface area contributed by atoms with Crippen LogP contribution in [0.2, 0.25) is 0 Å². The summed E-state index contributed by atoms with van der Waals surface area (Å²) in [6, 6.07) is 5.57. The van der Waals surface area contributed by atoms with Gasteiger partial charge in [0.15, 0.2) is 5.82 Å². The standard InChI is InChI=1S/C13H19N5O/c1-9(2)11(8-19)14-12-4-5-13(16-15-12)18-7-6-10(3)17-18/h4-7,9,11,19H,8H2,1-3H3,(H,14,15)/t11-/m0/s1. The fourth-order valence-corrected chi connectivity index (χ4v) is 1.68. The van der Waals surface area contributed by atoms with Gasteiger partial charge in [-0.15, -0.1) is 10.2 Å². The topological polar surface area (TPSA) is 75.9 Å². The average Bonchev–Trinajstić information content (AvgIpc) is 2.83. The second-order valence-electron chi connectivity index (χ2n) is 4.86. The molecule has 0 aliphatic carbocycles. The number of hydrogen-bond acceptors (Lipinski definition) is 5. The lowest BCUT2D eigenvalue weighted by Crippen LogP contribution is -2.29. The highest BCUT2D eigenvalue weighted by atomic mass is 16.3. The minimum atomic E-state index is -0.0212. The van der Waals surface area contributed by atoms with Crippen LogP contribution in [-0.4, -0.2) is 37.7 Å². The quantitative estimate of drug-likeness (QED) is 0.851. The van der Waals surface area contributed by atoms with Crippen molar-refractivity contribution in [2.45, 2.75) is 26.8 Å². The summed E-state index contributed by atoms with van der Waals surface area (Å²) in [5.74, 6) is 1.64. The first-order chi connectivity index (χ1) is 9.10. The van der Waals surface area contributed by atoms with Crippen molar-refractivity contribution in [3.63, 3.8) is 0 Å². The molecule has 2 N–H and O–H groups in total. The zero-order valence-corrected chi connectivity index (χ0v) is 11.4. The zero-order chi connectivity index (χ0) is 13.8. The second-order valence-corrected chi connectivity index (χ2v) is 4.86. The molecule has 1 atom stereocenters. The Bertz CT molecular complexity index is 520. The Hall–Kier alpha value is -1.95. The predicted octanol–water partition coefficient (Wildman–Crippen LogP) is 1.40. The maximum absolute atomic E-state index is 9.27. The minimum absolute atomic E-state index is 0.0212. The van der Waals surface area contributed by atoms with Gasteiger partial charge in [0.05, 0.1) is 18.3 Å². The van der Waals surface area contributed by atoms with E-state index in [1.807, 2.05) is 45.2 Å². The second kappa shape index (κ2) is 5.79. The van der Waals surface area contributed by atoms with Gasteiger partial charge in [-0.2, -0.15) is 5.10 Å². The molecule has 0 saturated heterocycles. The van der Waals surface area contributed by atoms with E-state index >= 15 is 0 Å². The maximum Gasteiger partial charge on any atom is 0.175 e. The maximum atomic E-state index is 9.27. The van der Waals surface area contributed by atoms with Crippen LogP contribution in [0, 0.1) is 12.8 Å². The number of aliphatic hydroxyl groups is 1. The molecule has 2 heterocycles. The number of anilines is 1. The van der Waals surface area contributed by atoms with E-state index in [-0.39, 0.29) is 12.6 Å². The largest absolute Gasteiger partial charge is 0.394 e. The molecule has 102 valence electrons. The molecule has 0 saturated carbocycles. The van der Waals surface area contributed by atoms with E-state index < -0.39 is 0 Å². The monoisotopic (exact) mass is 261 g/mol. The van der Waals surface area contributed by atoms with Crippen LogP contribution in [0.5, 0.6) is 0 Å². The molecule has 0 spiro atoms. The van der Waals surface area contributed by atoms with E-state index in [9.17, 15) is 5.11 Å². The molecule has 2 aromatic heterocycles. The first kappa shape index (κ1) is 13.5. The number of aromatic nitrogens is 4. The molecule has 0 fully saturated rings. The highest BCUT2D eigenvalue weighted by Gasteiger charge is 2.12. The van der Waals surface area contributed by atoms with E-state index in [0.29, 0.717) is 17.6 Å². The summed E-state index contributed by atoms with van der Waals surface area (Å²) in [6.45, 7) is 6.08. The fourth-order valence-electron chi connectivity index (χ4n) is 1.68. The van der Waals surface area contributed by atoms with Crippen LogP contribution in [-0.2, 0) is 0 Å². The van der Waals surface area contributed by atoms with Crippen molar-refractivity contribution in [2.75, 3.05) is 11.9 Å². The van der Waals surface area contributed by atoms with Crippen molar-refractivity contribution in [3.05, 3.63) is 30.1 Å². The van der Waals surface area contributed by atoms with Gasteiger partial charge in [-0.05, 0) is 31.0 Å². The van der Waals surface area contributed by atoms with Crippen molar-refractivity contribution in [1.82, 2.24) is 20.0 Å². The molecule has 0 aromatic carbocycles. The lowest BCUT2D eigenvalue weighted by atomic mass is 10.1. The third kappa shape index (κ3) is 3.29. The van der Waals surface area contributed by atoms with E-state index in [2.05, 4.69) is 20.6 Å². The number of nitrogens with one attached hydrogen (secondary N) is 1. The molecule has 6 nitrogen and oxygen atoms in total. The smallest absolute Gasteiger partial charge is 0.175 e. The number of rotatable bonds is 5. The molecule has 0 aliphatic heterocycles. The Morgan fingerprint density at radius 1 is 1.26 bits per heavy atom. The van der Waals surface area contributed by atoms with Gasteiger partial charge in [-0.1, -0.05) is 13.8 Å². The van der Waals surface area contributed by atoms with E-state index in [1.165, 1.54) is 0 Å². The fraction of sp³-hybridized carbons (Fsp3) is 0.462. The van der Waals surface area contributed by atoms with E-state index in [1.54, 1.807) is 4.68 Å². The number of hydrogen-bond donors (Lipinski definition) is 2. The molecule has 6 heteroatoms. The third-order valence-corrected chi connectivity index (χ3v) is 2.94. The van der Waals surface area contributed by atoms with Crippen LogP contribution in [0.3, 0.4) is 0 Å². The minimum Gasteiger partial charge on any atom is -0.394 e. The van der Waals surface area contributed by atoms with Crippen molar-refractivity contribution in [3.8, 4) is 5.82 Å². The highest BCUT2D eigenvalue weighted by molar-refractivity contribution is 5.37. The SMILES string of the molecule is Cc1ccn(-c2ccc(N[C@@H](CO)C(C)C)nn2)n1. The van der Waals surface area contributed by atoms with Crippen molar-refractivity contribution >= 4 is 5.82 Å². The van der Waals surface area contributed by atoms with Crippen LogP contribution < -0.4 is 5.32 Å². The van der Waals surface area contributed by atoms with Crippen LogP contribution in [0.4, 0.5) is 5.82 Å². The van der Waals surface area contributed by atoms with Crippen molar-refractivity contribution in [1.29, 1.82) is 0 Å². The predicted molar refractivity (Wildman–Crippen MR) is 73.2 cm³/mol. The first-order valence-electron chi connectivity index (χ1n) is 6.34. The van der Waals surface area contributed by atoms with Gasteiger partial charge in [-0.3, -0.25) is 0 Å². The number of nitrogens with zero attached hydrogens (tertiary/aromatic N) is 4. The Kier molecular flexibility index (Phi) is 4.11. The lowest BCUT2D eigenvalue weighted by molar-refractivity contribution is 0.249. The van der Waals surface area contributed by atoms with Crippen LogP contribution in [0.15, 0.2) is 24.4 Å². The Labute approximate surface area is 112 Å². The normalized spacial score (nSPS) is 12.7. The van der Waals surface area contributed by atoms with Gasteiger partial charge < -0.3 is 10.4 Å². The van der Waals surface area contributed by atoms with Gasteiger partial charge in [-0.25, -0.2) is 4.68 Å². The Balaban J connectivity index is 2.10. The summed E-state index contributed by atoms with van der Waals surface area (Å²) in [4.78, 5) is 0. The van der Waals surface area contributed by atoms with Crippen molar-refractivity contribution < 1.29 is 5.11 Å². The molecular weight excluding hydrogens is 242 g/mol. The molecule has 0 aliphatic rings. The van der Waals surface area contributed by atoms with Crippen LogP contribution in [0.25, 0.3) is 5.82 Å². The van der Waals surface area contributed by atoms with Gasteiger partial charge in [0, 0.05) is 6.20 Å². The Morgan fingerprint density at radius 3 is 2.53 bits per heavy atom. The number of aryl methyl sites for hydroxylation is 1. The third-order valence-electron chi connectivity index (χ3n) is 2.94. The molecule has 19 heavy (non-hydrogen) atoms. The van der Waals surface area contributed by atoms with E-state index in [0.717, 1.165) is 5.69 Å². The molecule has 2 aromatic rings. The van der Waals surface area contributed by atoms with Crippen LogP contribution >= 0.6 is 0 Å². The summed E-state index contributed by atoms with van der Waals surface area (Å²) in [5, 5.41) is 24.9. The van der Waals surface area contributed by atoms with Gasteiger partial charge in [0.25, 0.3) is 0 Å². The number of aliphatic hydroxyl groups excluding tert-OH is 1. The van der Waals surface area contributed by atoms with Gasteiger partial charge >= 0.3 is 0 Å². The molecule has 0 amide bonds. The summed E-state index contributed by atoms with van der Waals surface area (Å²) in [7, 11) is 0. The van der Waals surface area contributed by atoms with Gasteiger partial charge in [0.1, 0.15) is 5.82 Å². The summed E-state index contributed by atoms with van der Waals surface area (Å²) in [5.41, 5.74) is 0.934. The molecule has 0 bridgehead atoms. The average molecular weight is 261 g/mol. The highest BCUT2D eigenvalue weighted by Crippen LogP contribution is 2.11.